The number of para-hydroxylation sites is 1. The minimum atomic E-state index is -0.194. The number of rotatable bonds is 7. The van der Waals surface area contributed by atoms with Crippen LogP contribution in [0.1, 0.15) is 16.7 Å². The van der Waals surface area contributed by atoms with Gasteiger partial charge in [0.1, 0.15) is 0 Å². The first kappa shape index (κ1) is 19.5. The summed E-state index contributed by atoms with van der Waals surface area (Å²) in [7, 11) is 0. The Hall–Kier alpha value is -3.86. The number of hydrogen-bond acceptors (Lipinski definition) is 3. The lowest BCUT2D eigenvalue weighted by atomic mass is 10.2. The van der Waals surface area contributed by atoms with Crippen LogP contribution in [0.3, 0.4) is 0 Å². The zero-order chi connectivity index (χ0) is 20.8. The van der Waals surface area contributed by atoms with Crippen molar-refractivity contribution < 1.29 is 4.79 Å². The maximum Gasteiger partial charge on any atom is 0.259 e. The fraction of sp³-hybridized carbons (Fsp3) is 0.120. The Kier molecular flexibility index (Phi) is 5.90. The van der Waals surface area contributed by atoms with E-state index in [4.69, 9.17) is 0 Å². The smallest absolute Gasteiger partial charge is 0.259 e. The largest absolute Gasteiger partial charge is 0.376 e. The van der Waals surface area contributed by atoms with E-state index in [0.29, 0.717) is 0 Å². The van der Waals surface area contributed by atoms with Crippen molar-refractivity contribution in [2.45, 2.75) is 13.5 Å². The summed E-state index contributed by atoms with van der Waals surface area (Å²) in [5, 5.41) is 8.37. The van der Waals surface area contributed by atoms with E-state index in [-0.39, 0.29) is 12.5 Å². The van der Waals surface area contributed by atoms with Crippen molar-refractivity contribution in [3.05, 3.63) is 102 Å². The van der Waals surface area contributed by atoms with Gasteiger partial charge >= 0.3 is 0 Å². The first-order chi connectivity index (χ1) is 14.7. The molecule has 150 valence electrons. The Balaban J connectivity index is 1.43. The second-order valence-electron chi connectivity index (χ2n) is 7.23. The van der Waals surface area contributed by atoms with Crippen LogP contribution in [0.15, 0.2) is 90.2 Å². The minimum Gasteiger partial charge on any atom is -0.376 e. The number of hydrazone groups is 1. The van der Waals surface area contributed by atoms with Gasteiger partial charge in [-0.3, -0.25) is 4.79 Å². The first-order valence-electron chi connectivity index (χ1n) is 9.93. The van der Waals surface area contributed by atoms with Gasteiger partial charge in [0, 0.05) is 34.9 Å². The third-order valence-electron chi connectivity index (χ3n) is 4.88. The molecule has 0 bridgehead atoms. The molecule has 5 nitrogen and oxygen atoms in total. The van der Waals surface area contributed by atoms with Gasteiger partial charge in [0.05, 0.1) is 12.8 Å². The molecule has 1 aromatic heterocycles. The second kappa shape index (κ2) is 9.09. The molecule has 0 saturated heterocycles. The van der Waals surface area contributed by atoms with Crippen LogP contribution in [-0.4, -0.2) is 23.2 Å². The molecule has 0 saturated carbocycles. The minimum absolute atomic E-state index is 0.163. The second-order valence-corrected chi connectivity index (χ2v) is 7.23. The number of anilines is 1. The van der Waals surface area contributed by atoms with Gasteiger partial charge in [0.25, 0.3) is 5.91 Å². The Morgan fingerprint density at radius 3 is 2.63 bits per heavy atom. The van der Waals surface area contributed by atoms with E-state index in [1.807, 2.05) is 61.5 Å². The van der Waals surface area contributed by atoms with Gasteiger partial charge in [-0.05, 0) is 36.2 Å². The standard InChI is InChI=1S/C25H24N4O/c1-19-8-7-11-22(14-19)26-16-25(30)28-27-15-21-18-29(17-20-9-3-2-4-10-20)24-13-6-5-12-23(21)24/h2-15,18,26H,16-17H2,1H3,(H,28,30)/b27-15-. The van der Waals surface area contributed by atoms with Crippen LogP contribution in [0.25, 0.3) is 10.9 Å². The predicted octanol–water partition coefficient (Wildman–Crippen LogP) is 4.56. The highest BCUT2D eigenvalue weighted by atomic mass is 16.2. The molecular formula is C25H24N4O. The molecule has 1 amide bonds. The first-order valence-corrected chi connectivity index (χ1v) is 9.93. The number of benzene rings is 3. The third kappa shape index (κ3) is 4.75. The van der Waals surface area contributed by atoms with Gasteiger partial charge in [-0.15, -0.1) is 0 Å². The van der Waals surface area contributed by atoms with Crippen molar-refractivity contribution in [2.24, 2.45) is 5.10 Å². The summed E-state index contributed by atoms with van der Waals surface area (Å²) in [4.78, 5) is 12.1. The highest BCUT2D eigenvalue weighted by Crippen LogP contribution is 2.21. The van der Waals surface area contributed by atoms with Gasteiger partial charge in [-0.2, -0.15) is 5.10 Å². The lowest BCUT2D eigenvalue weighted by Gasteiger charge is -2.05. The SMILES string of the molecule is Cc1cccc(NCC(=O)N/N=C\c2cn(Cc3ccccc3)c3ccccc23)c1. The molecule has 4 rings (SSSR count). The summed E-state index contributed by atoms with van der Waals surface area (Å²) in [5.41, 5.74) is 7.99. The van der Waals surface area contributed by atoms with Crippen LogP contribution < -0.4 is 10.7 Å². The van der Waals surface area contributed by atoms with Crippen molar-refractivity contribution >= 4 is 28.7 Å². The van der Waals surface area contributed by atoms with Gasteiger partial charge in [-0.25, -0.2) is 5.43 Å². The van der Waals surface area contributed by atoms with E-state index in [1.54, 1.807) is 6.21 Å². The molecule has 0 spiro atoms. The van der Waals surface area contributed by atoms with Gasteiger partial charge in [0.2, 0.25) is 0 Å². The van der Waals surface area contributed by atoms with Gasteiger partial charge in [0.15, 0.2) is 0 Å². The summed E-state index contributed by atoms with van der Waals surface area (Å²) >= 11 is 0. The monoisotopic (exact) mass is 396 g/mol. The number of nitrogens with zero attached hydrogens (tertiary/aromatic N) is 2. The normalized spacial score (nSPS) is 11.1. The van der Waals surface area contributed by atoms with Crippen LogP contribution in [0.5, 0.6) is 0 Å². The van der Waals surface area contributed by atoms with Crippen molar-refractivity contribution in [3.8, 4) is 0 Å². The van der Waals surface area contributed by atoms with Crippen molar-refractivity contribution in [2.75, 3.05) is 11.9 Å². The molecule has 0 unspecified atom stereocenters. The maximum atomic E-state index is 12.1. The number of amides is 1. The summed E-state index contributed by atoms with van der Waals surface area (Å²) in [5.74, 6) is -0.194. The van der Waals surface area contributed by atoms with E-state index in [2.05, 4.69) is 50.9 Å². The Bertz CT molecular complexity index is 1180. The zero-order valence-corrected chi connectivity index (χ0v) is 16.9. The highest BCUT2D eigenvalue weighted by Gasteiger charge is 2.07. The van der Waals surface area contributed by atoms with Crippen molar-refractivity contribution in [1.29, 1.82) is 0 Å². The lowest BCUT2D eigenvalue weighted by Crippen LogP contribution is -2.25. The average molecular weight is 396 g/mol. The summed E-state index contributed by atoms with van der Waals surface area (Å²) < 4.78 is 2.20. The van der Waals surface area contributed by atoms with E-state index in [9.17, 15) is 4.79 Å². The molecule has 0 aliphatic heterocycles. The van der Waals surface area contributed by atoms with Crippen LogP contribution in [0.2, 0.25) is 0 Å². The Morgan fingerprint density at radius 1 is 1.00 bits per heavy atom. The van der Waals surface area contributed by atoms with E-state index >= 15 is 0 Å². The molecule has 0 aliphatic carbocycles. The lowest BCUT2D eigenvalue weighted by molar-refractivity contribution is -0.119. The number of carbonyl (C=O) groups excluding carboxylic acids is 1. The quantitative estimate of drug-likeness (QED) is 0.355. The highest BCUT2D eigenvalue weighted by molar-refractivity contribution is 5.99. The molecule has 3 aromatic carbocycles. The summed E-state index contributed by atoms with van der Waals surface area (Å²) in [6.07, 6.45) is 3.77. The molecule has 0 radical (unpaired) electrons. The molecule has 0 aliphatic rings. The molecule has 2 N–H and O–H groups in total. The molecule has 0 atom stereocenters. The Labute approximate surface area is 176 Å². The average Bonchev–Trinajstić information content (AvgIpc) is 3.11. The topological polar surface area (TPSA) is 58.4 Å². The molecule has 4 aromatic rings. The van der Waals surface area contributed by atoms with E-state index < -0.39 is 0 Å². The molecule has 30 heavy (non-hydrogen) atoms. The van der Waals surface area contributed by atoms with E-state index in [1.165, 1.54) is 5.56 Å². The number of aryl methyl sites for hydroxylation is 1. The number of fused-ring (bicyclic) bond motifs is 1. The summed E-state index contributed by atoms with van der Waals surface area (Å²) in [6, 6.07) is 26.5. The van der Waals surface area contributed by atoms with Crippen LogP contribution >= 0.6 is 0 Å². The van der Waals surface area contributed by atoms with Gasteiger partial charge in [-0.1, -0.05) is 60.7 Å². The predicted molar refractivity (Wildman–Crippen MR) is 123 cm³/mol. The number of carbonyl (C=O) groups is 1. The van der Waals surface area contributed by atoms with Crippen LogP contribution in [0.4, 0.5) is 5.69 Å². The maximum absolute atomic E-state index is 12.1. The fourth-order valence-electron chi connectivity index (χ4n) is 3.44. The summed E-state index contributed by atoms with van der Waals surface area (Å²) in [6.45, 7) is 2.96. The molecule has 5 heteroatoms. The zero-order valence-electron chi connectivity index (χ0n) is 16.9. The van der Waals surface area contributed by atoms with Crippen LogP contribution in [0, 0.1) is 6.92 Å². The fourth-order valence-corrected chi connectivity index (χ4v) is 3.44. The number of aromatic nitrogens is 1. The number of hydrogen-bond donors (Lipinski definition) is 2. The Morgan fingerprint density at radius 2 is 1.80 bits per heavy atom. The van der Waals surface area contributed by atoms with Crippen LogP contribution in [-0.2, 0) is 11.3 Å². The molecule has 0 fully saturated rings. The van der Waals surface area contributed by atoms with Crippen molar-refractivity contribution in [3.63, 3.8) is 0 Å². The van der Waals surface area contributed by atoms with Gasteiger partial charge < -0.3 is 9.88 Å². The van der Waals surface area contributed by atoms with E-state index in [0.717, 1.165) is 34.3 Å². The molecular weight excluding hydrogens is 372 g/mol. The third-order valence-corrected chi connectivity index (χ3v) is 4.88. The number of nitrogens with one attached hydrogen (secondary N) is 2. The molecule has 1 heterocycles. The van der Waals surface area contributed by atoms with Crippen molar-refractivity contribution in [1.82, 2.24) is 9.99 Å².